The maximum atomic E-state index is 12.0. The van der Waals surface area contributed by atoms with Crippen LogP contribution in [-0.2, 0) is 16.1 Å². The van der Waals surface area contributed by atoms with Crippen LogP contribution >= 0.6 is 22.9 Å². The Hall–Kier alpha value is -2.97. The zero-order valence-electron chi connectivity index (χ0n) is 13.2. The summed E-state index contributed by atoms with van der Waals surface area (Å²) in [7, 11) is 0. The van der Waals surface area contributed by atoms with E-state index in [0.717, 1.165) is 0 Å². The summed E-state index contributed by atoms with van der Waals surface area (Å²) in [6, 6.07) is 6.84. The molecule has 7 nitrogen and oxygen atoms in total. The average Bonchev–Trinajstić information content (AvgIpc) is 3.22. The zero-order valence-corrected chi connectivity index (χ0v) is 14.8. The molecule has 26 heavy (non-hydrogen) atoms. The smallest absolute Gasteiger partial charge is 0.331 e. The largest absolute Gasteiger partial charge is 0.456 e. The van der Waals surface area contributed by atoms with Gasteiger partial charge in [0.1, 0.15) is 12.3 Å². The normalized spacial score (nSPS) is 11.6. The van der Waals surface area contributed by atoms with Crippen LogP contribution in [-0.4, -0.2) is 24.7 Å². The van der Waals surface area contributed by atoms with Gasteiger partial charge in [0.05, 0.1) is 11.4 Å². The first-order valence-corrected chi connectivity index (χ1v) is 8.81. The number of nitrogens with zero attached hydrogens (tertiary/aromatic N) is 4. The highest BCUT2D eigenvalue weighted by Crippen LogP contribution is 2.19. The number of carbonyl (C=O) groups is 1. The summed E-state index contributed by atoms with van der Waals surface area (Å²) in [5.74, 6) is -0.569. The second-order valence-corrected chi connectivity index (χ2v) is 6.53. The molecule has 0 saturated heterocycles. The van der Waals surface area contributed by atoms with Crippen molar-refractivity contribution in [2.75, 3.05) is 0 Å². The molecule has 0 bridgehead atoms. The Morgan fingerprint density at radius 2 is 2.15 bits per heavy atom. The molecule has 9 heteroatoms. The highest BCUT2D eigenvalue weighted by Gasteiger charge is 2.09. The third-order valence-electron chi connectivity index (χ3n) is 3.62. The van der Waals surface area contributed by atoms with Gasteiger partial charge in [0, 0.05) is 29.9 Å². The van der Waals surface area contributed by atoms with Crippen molar-refractivity contribution in [3.8, 4) is 0 Å². The number of carbonyl (C=O) groups excluding carboxylic acids is 1. The van der Waals surface area contributed by atoms with E-state index in [0.29, 0.717) is 22.0 Å². The number of aromatic nitrogens is 4. The van der Waals surface area contributed by atoms with Gasteiger partial charge in [-0.2, -0.15) is 0 Å². The van der Waals surface area contributed by atoms with Crippen LogP contribution in [0.15, 0.2) is 52.9 Å². The van der Waals surface area contributed by atoms with Crippen molar-refractivity contribution < 1.29 is 9.53 Å². The molecule has 0 aliphatic carbocycles. The number of thiazole rings is 1. The number of hydrogen-bond donors (Lipinski definition) is 0. The van der Waals surface area contributed by atoms with E-state index in [1.54, 1.807) is 22.2 Å². The minimum Gasteiger partial charge on any atom is -0.456 e. The Labute approximate surface area is 155 Å². The Bertz CT molecular complexity index is 1210. The minimum absolute atomic E-state index is 0.0896. The van der Waals surface area contributed by atoms with Crippen LogP contribution in [0.3, 0.4) is 0 Å². The van der Waals surface area contributed by atoms with Crippen LogP contribution in [0, 0.1) is 0 Å². The standard InChI is InChI=1S/C17H11ClN4O3S/c18-16-12(21-6-2-1-3-13(21)20-16)4-5-15(24)25-10-11-9-14(23)22-7-8-26-17(22)19-11/h1-9H,10H2/b5-4+. The first-order valence-electron chi connectivity index (χ1n) is 7.55. The van der Waals surface area contributed by atoms with Gasteiger partial charge in [0.2, 0.25) is 0 Å². The van der Waals surface area contributed by atoms with Crippen molar-refractivity contribution in [2.24, 2.45) is 0 Å². The van der Waals surface area contributed by atoms with Crippen LogP contribution < -0.4 is 5.56 Å². The van der Waals surface area contributed by atoms with Crippen molar-refractivity contribution in [3.05, 3.63) is 75.0 Å². The molecule has 0 saturated carbocycles. The molecular weight excluding hydrogens is 376 g/mol. The van der Waals surface area contributed by atoms with E-state index in [-0.39, 0.29) is 17.3 Å². The second-order valence-electron chi connectivity index (χ2n) is 5.30. The molecule has 0 aliphatic rings. The lowest BCUT2D eigenvalue weighted by molar-refractivity contribution is -0.139. The second kappa shape index (κ2) is 6.74. The zero-order chi connectivity index (χ0) is 18.1. The summed E-state index contributed by atoms with van der Waals surface area (Å²) in [6.45, 7) is -0.0896. The minimum atomic E-state index is -0.569. The number of ether oxygens (including phenoxy) is 1. The highest BCUT2D eigenvalue weighted by atomic mass is 35.5. The Morgan fingerprint density at radius 3 is 3.04 bits per heavy atom. The van der Waals surface area contributed by atoms with Crippen LogP contribution in [0.5, 0.6) is 0 Å². The van der Waals surface area contributed by atoms with Crippen molar-refractivity contribution >= 4 is 45.6 Å². The first-order chi connectivity index (χ1) is 12.6. The number of hydrogen-bond acceptors (Lipinski definition) is 6. The topological polar surface area (TPSA) is 78.0 Å². The molecule has 4 aromatic heterocycles. The first kappa shape index (κ1) is 16.5. The number of esters is 1. The van der Waals surface area contributed by atoms with Gasteiger partial charge in [0.15, 0.2) is 10.1 Å². The van der Waals surface area contributed by atoms with Crippen molar-refractivity contribution in [1.29, 1.82) is 0 Å². The number of pyridine rings is 1. The number of imidazole rings is 1. The Balaban J connectivity index is 1.48. The fourth-order valence-corrected chi connectivity index (χ4v) is 3.42. The van der Waals surface area contributed by atoms with E-state index in [1.165, 1.54) is 34.0 Å². The molecule has 0 fully saturated rings. The Morgan fingerprint density at radius 1 is 1.27 bits per heavy atom. The van der Waals surface area contributed by atoms with Gasteiger partial charge in [-0.15, -0.1) is 11.3 Å². The lowest BCUT2D eigenvalue weighted by atomic mass is 10.4. The molecule has 4 rings (SSSR count). The molecule has 0 spiro atoms. The quantitative estimate of drug-likeness (QED) is 0.398. The summed E-state index contributed by atoms with van der Waals surface area (Å²) < 4.78 is 8.35. The molecule has 4 heterocycles. The summed E-state index contributed by atoms with van der Waals surface area (Å²) in [4.78, 5) is 32.9. The number of halogens is 1. The average molecular weight is 387 g/mol. The van der Waals surface area contributed by atoms with Crippen LogP contribution in [0.25, 0.3) is 16.7 Å². The van der Waals surface area contributed by atoms with E-state index < -0.39 is 5.97 Å². The third-order valence-corrected chi connectivity index (χ3v) is 4.65. The van der Waals surface area contributed by atoms with E-state index in [4.69, 9.17) is 16.3 Å². The summed E-state index contributed by atoms with van der Waals surface area (Å²) in [6.07, 6.45) is 6.24. The molecule has 0 radical (unpaired) electrons. The van der Waals surface area contributed by atoms with Gasteiger partial charge in [-0.25, -0.2) is 14.8 Å². The number of rotatable bonds is 4. The van der Waals surface area contributed by atoms with E-state index in [9.17, 15) is 9.59 Å². The van der Waals surface area contributed by atoms with Gasteiger partial charge in [-0.3, -0.25) is 13.6 Å². The monoisotopic (exact) mass is 386 g/mol. The predicted molar refractivity (Wildman–Crippen MR) is 98.4 cm³/mol. The fraction of sp³-hybridized carbons (Fsp3) is 0.0588. The maximum absolute atomic E-state index is 12.0. The molecule has 0 aromatic carbocycles. The van der Waals surface area contributed by atoms with Crippen LogP contribution in [0.1, 0.15) is 11.4 Å². The molecule has 0 unspecified atom stereocenters. The molecule has 0 atom stereocenters. The molecule has 0 amide bonds. The highest BCUT2D eigenvalue weighted by molar-refractivity contribution is 7.15. The van der Waals surface area contributed by atoms with Crippen LogP contribution in [0.2, 0.25) is 5.15 Å². The van der Waals surface area contributed by atoms with Crippen molar-refractivity contribution in [1.82, 2.24) is 18.8 Å². The van der Waals surface area contributed by atoms with Crippen molar-refractivity contribution in [2.45, 2.75) is 6.61 Å². The predicted octanol–water partition coefficient (Wildman–Crippen LogP) is 2.81. The molecule has 130 valence electrons. The lowest BCUT2D eigenvalue weighted by Crippen LogP contribution is -2.14. The fourth-order valence-electron chi connectivity index (χ4n) is 2.44. The van der Waals surface area contributed by atoms with E-state index in [2.05, 4.69) is 9.97 Å². The Kier molecular flexibility index (Phi) is 4.27. The molecule has 0 N–H and O–H groups in total. The van der Waals surface area contributed by atoms with Gasteiger partial charge < -0.3 is 4.74 Å². The van der Waals surface area contributed by atoms with Gasteiger partial charge >= 0.3 is 5.97 Å². The van der Waals surface area contributed by atoms with E-state index in [1.807, 2.05) is 18.2 Å². The molecular formula is C17H11ClN4O3S. The molecule has 4 aromatic rings. The summed E-state index contributed by atoms with van der Waals surface area (Å²) in [5, 5.41) is 2.06. The van der Waals surface area contributed by atoms with Crippen molar-refractivity contribution in [3.63, 3.8) is 0 Å². The van der Waals surface area contributed by atoms with E-state index >= 15 is 0 Å². The summed E-state index contributed by atoms with van der Waals surface area (Å²) in [5.41, 5.74) is 1.44. The molecule has 0 aliphatic heterocycles. The SMILES string of the molecule is O=C(/C=C/c1c(Cl)nc2ccccn12)OCc1cc(=O)n2ccsc2n1. The van der Waals surface area contributed by atoms with Crippen LogP contribution in [0.4, 0.5) is 0 Å². The van der Waals surface area contributed by atoms with Gasteiger partial charge in [-0.1, -0.05) is 17.7 Å². The van der Waals surface area contributed by atoms with Gasteiger partial charge in [0.25, 0.3) is 5.56 Å². The third kappa shape index (κ3) is 3.12. The summed E-state index contributed by atoms with van der Waals surface area (Å²) >= 11 is 7.44. The lowest BCUT2D eigenvalue weighted by Gasteiger charge is -2.02. The van der Waals surface area contributed by atoms with Gasteiger partial charge in [-0.05, 0) is 18.2 Å². The maximum Gasteiger partial charge on any atom is 0.331 e. The number of fused-ring (bicyclic) bond motifs is 2.